The zero-order valence-electron chi connectivity index (χ0n) is 22.9. The van der Waals surface area contributed by atoms with Gasteiger partial charge in [0.15, 0.2) is 0 Å². The summed E-state index contributed by atoms with van der Waals surface area (Å²) in [6.07, 6.45) is 8.67. The number of hydrogen-bond donors (Lipinski definition) is 2. The van der Waals surface area contributed by atoms with E-state index < -0.39 is 10.0 Å². The predicted molar refractivity (Wildman–Crippen MR) is 161 cm³/mol. The lowest BCUT2D eigenvalue weighted by Gasteiger charge is -2.40. The summed E-state index contributed by atoms with van der Waals surface area (Å²) in [5.41, 5.74) is 2.95. The number of nitrogens with zero attached hydrogens (tertiary/aromatic N) is 4. The fourth-order valence-corrected chi connectivity index (χ4v) is 7.09. The Morgan fingerprint density at radius 1 is 1.10 bits per heavy atom. The number of anilines is 2. The first-order valence-electron chi connectivity index (χ1n) is 13.5. The number of carbonyl (C=O) groups excluding carboxylic acids is 1. The molecule has 0 spiro atoms. The van der Waals surface area contributed by atoms with Crippen LogP contribution in [0.4, 0.5) is 11.4 Å². The largest absolute Gasteiger partial charge is 0.355 e. The molecule has 2 N–H and O–H groups in total. The lowest BCUT2D eigenvalue weighted by atomic mass is 9.86. The van der Waals surface area contributed by atoms with Crippen molar-refractivity contribution in [1.82, 2.24) is 14.5 Å². The van der Waals surface area contributed by atoms with Crippen LogP contribution in [0.3, 0.4) is 0 Å². The number of aliphatic imine (C=N–C) groups is 2. The van der Waals surface area contributed by atoms with Gasteiger partial charge >= 0.3 is 0 Å². The molecule has 2 aromatic carbocycles. The molecular weight excluding hydrogens is 548 g/mol. The fourth-order valence-electron chi connectivity index (χ4n) is 5.79. The third-order valence-electron chi connectivity index (χ3n) is 8.21. The average molecular weight is 583 g/mol. The van der Waals surface area contributed by atoms with Crippen molar-refractivity contribution in [2.75, 3.05) is 25.2 Å². The normalized spacial score (nSPS) is 24.2. The van der Waals surface area contributed by atoms with Crippen molar-refractivity contribution < 1.29 is 13.2 Å². The molecule has 5 rings (SSSR count). The smallest absolute Gasteiger partial charge is 0.265 e. The highest BCUT2D eigenvalue weighted by Gasteiger charge is 2.40. The molecular formula is C29H35ClN6O3S. The number of sulfonamides is 1. The van der Waals surface area contributed by atoms with Crippen LogP contribution in [0.1, 0.15) is 41.6 Å². The molecule has 1 saturated carbocycles. The second-order valence-electron chi connectivity index (χ2n) is 10.6. The van der Waals surface area contributed by atoms with Crippen molar-refractivity contribution in [1.29, 1.82) is 0 Å². The zero-order valence-corrected chi connectivity index (χ0v) is 24.5. The number of amidine groups is 1. The van der Waals surface area contributed by atoms with Gasteiger partial charge in [0.25, 0.3) is 5.91 Å². The van der Waals surface area contributed by atoms with Crippen molar-refractivity contribution in [3.05, 3.63) is 70.9 Å². The highest BCUT2D eigenvalue weighted by atomic mass is 35.5. The summed E-state index contributed by atoms with van der Waals surface area (Å²) in [6, 6.07) is 13.3. The number of amides is 1. The van der Waals surface area contributed by atoms with Gasteiger partial charge in [0.1, 0.15) is 18.3 Å². The fraction of sp³-hybridized carbons (Fsp3) is 0.414. The number of benzene rings is 2. The number of nitrogens with one attached hydrogen (secondary N) is 2. The lowest BCUT2D eigenvalue weighted by Crippen LogP contribution is -2.49. The van der Waals surface area contributed by atoms with Gasteiger partial charge in [0, 0.05) is 23.0 Å². The maximum Gasteiger partial charge on any atom is 0.265 e. The van der Waals surface area contributed by atoms with Gasteiger partial charge in [0.2, 0.25) is 10.0 Å². The first-order valence-corrected chi connectivity index (χ1v) is 15.6. The van der Waals surface area contributed by atoms with E-state index in [9.17, 15) is 13.2 Å². The van der Waals surface area contributed by atoms with E-state index in [1.807, 2.05) is 49.4 Å². The van der Waals surface area contributed by atoms with E-state index in [1.165, 1.54) is 7.05 Å². The van der Waals surface area contributed by atoms with Crippen LogP contribution in [0.2, 0.25) is 5.02 Å². The highest BCUT2D eigenvalue weighted by molar-refractivity contribution is 7.89. The number of halogens is 1. The summed E-state index contributed by atoms with van der Waals surface area (Å²) < 4.78 is 26.4. The maximum absolute atomic E-state index is 13.8. The third kappa shape index (κ3) is 5.85. The summed E-state index contributed by atoms with van der Waals surface area (Å²) in [7, 11) is 0.315. The number of rotatable bonds is 8. The number of para-hydroxylation sites is 1. The minimum Gasteiger partial charge on any atom is -0.355 e. The molecule has 2 aliphatic heterocycles. The molecule has 2 unspecified atom stereocenters. The molecule has 9 nitrogen and oxygen atoms in total. The van der Waals surface area contributed by atoms with E-state index in [0.29, 0.717) is 22.1 Å². The Hall–Kier alpha value is -3.05. The minimum atomic E-state index is -3.21. The van der Waals surface area contributed by atoms with Crippen LogP contribution in [0, 0.1) is 18.8 Å². The van der Waals surface area contributed by atoms with Crippen LogP contribution in [0.15, 0.2) is 64.7 Å². The Morgan fingerprint density at radius 3 is 2.58 bits per heavy atom. The first kappa shape index (κ1) is 28.5. The number of hydrogen-bond acceptors (Lipinski definition) is 7. The van der Waals surface area contributed by atoms with Crippen molar-refractivity contribution in [3.8, 4) is 0 Å². The van der Waals surface area contributed by atoms with E-state index >= 15 is 0 Å². The van der Waals surface area contributed by atoms with Crippen LogP contribution in [-0.2, 0) is 10.0 Å². The van der Waals surface area contributed by atoms with Crippen LogP contribution < -0.4 is 10.0 Å². The topological polar surface area (TPSA) is 106 Å². The molecule has 2 atom stereocenters. The molecule has 2 aromatic rings. The molecule has 212 valence electrons. The zero-order chi connectivity index (χ0) is 28.4. The number of carbonyl (C=O) groups is 1. The number of fused-ring (bicyclic) bond motifs is 1. The van der Waals surface area contributed by atoms with E-state index in [4.69, 9.17) is 16.6 Å². The van der Waals surface area contributed by atoms with Crippen LogP contribution in [-0.4, -0.2) is 68.4 Å². The summed E-state index contributed by atoms with van der Waals surface area (Å²) in [6.45, 7) is 1.94. The SMILES string of the molecule is CNS(=O)(=O)CC1CCC(N(C)C2N=CN=C3C2C=CN3C(=O)c2ccccc2Nc2cccc(Cl)c2C)CC1. The van der Waals surface area contributed by atoms with Gasteiger partial charge in [-0.2, -0.15) is 0 Å². The Morgan fingerprint density at radius 2 is 1.82 bits per heavy atom. The molecule has 1 fully saturated rings. The summed E-state index contributed by atoms with van der Waals surface area (Å²) in [5, 5.41) is 4.03. The molecule has 0 aromatic heterocycles. The van der Waals surface area contributed by atoms with Crippen LogP contribution in [0.5, 0.6) is 0 Å². The highest BCUT2D eigenvalue weighted by Crippen LogP contribution is 2.34. The monoisotopic (exact) mass is 582 g/mol. The summed E-state index contributed by atoms with van der Waals surface area (Å²) in [4.78, 5) is 26.9. The van der Waals surface area contributed by atoms with Crippen molar-refractivity contribution in [3.63, 3.8) is 0 Å². The van der Waals surface area contributed by atoms with Crippen LogP contribution in [0.25, 0.3) is 0 Å². The second-order valence-corrected chi connectivity index (χ2v) is 13.0. The third-order valence-corrected chi connectivity index (χ3v) is 10.1. The molecule has 0 saturated heterocycles. The Labute approximate surface area is 241 Å². The molecule has 40 heavy (non-hydrogen) atoms. The van der Waals surface area contributed by atoms with E-state index in [-0.39, 0.29) is 35.7 Å². The van der Waals surface area contributed by atoms with Gasteiger partial charge in [-0.1, -0.05) is 35.9 Å². The summed E-state index contributed by atoms with van der Waals surface area (Å²) >= 11 is 6.31. The Bertz CT molecular complexity index is 1470. The standard InChI is InChI=1S/C29H35ClN6O3S/c1-19-24(30)8-6-10-25(19)34-26-9-5-4-7-22(26)29(37)36-16-15-23-27(32-18-33-28(23)36)35(3)21-13-11-20(12-14-21)17-40(38,39)31-2/h4-10,15-16,18,20-21,23,27,31,34H,11-14,17H2,1-3H3. The average Bonchev–Trinajstić information content (AvgIpc) is 3.40. The van der Waals surface area contributed by atoms with Gasteiger partial charge in [-0.25, -0.2) is 18.1 Å². The van der Waals surface area contributed by atoms with Crippen molar-refractivity contribution in [2.45, 2.75) is 44.8 Å². The lowest BCUT2D eigenvalue weighted by molar-refractivity contribution is 0.0882. The molecule has 1 amide bonds. The van der Waals surface area contributed by atoms with E-state index in [0.717, 1.165) is 36.9 Å². The predicted octanol–water partition coefficient (Wildman–Crippen LogP) is 4.78. The Balaban J connectivity index is 1.28. The van der Waals surface area contributed by atoms with E-state index in [2.05, 4.69) is 27.0 Å². The minimum absolute atomic E-state index is 0.156. The van der Waals surface area contributed by atoms with Gasteiger partial charge < -0.3 is 5.32 Å². The van der Waals surface area contributed by atoms with E-state index in [1.54, 1.807) is 23.5 Å². The quantitative estimate of drug-likeness (QED) is 0.466. The van der Waals surface area contributed by atoms with Gasteiger partial charge in [-0.3, -0.25) is 19.6 Å². The molecule has 0 radical (unpaired) electrons. The molecule has 3 aliphatic rings. The first-order chi connectivity index (χ1) is 19.2. The van der Waals surface area contributed by atoms with Crippen molar-refractivity contribution >= 4 is 51.1 Å². The van der Waals surface area contributed by atoms with Gasteiger partial charge in [-0.15, -0.1) is 0 Å². The summed E-state index contributed by atoms with van der Waals surface area (Å²) in [5.74, 6) is 0.658. The van der Waals surface area contributed by atoms with Gasteiger partial charge in [-0.05, 0) is 82.4 Å². The Kier molecular flexibility index (Phi) is 8.42. The molecule has 11 heteroatoms. The van der Waals surface area contributed by atoms with Crippen LogP contribution >= 0.6 is 11.6 Å². The molecule has 2 heterocycles. The van der Waals surface area contributed by atoms with Crippen molar-refractivity contribution in [2.24, 2.45) is 21.8 Å². The molecule has 1 aliphatic carbocycles. The second kappa shape index (κ2) is 11.8. The van der Waals surface area contributed by atoms with Gasteiger partial charge in [0.05, 0.1) is 22.9 Å². The molecule has 0 bridgehead atoms. The maximum atomic E-state index is 13.8.